The van der Waals surface area contributed by atoms with Crippen molar-refractivity contribution in [2.24, 2.45) is 0 Å². The van der Waals surface area contributed by atoms with Gasteiger partial charge in [0, 0.05) is 6.20 Å². The molecule has 0 aliphatic carbocycles. The number of H-pyrrole nitrogens is 1. The van der Waals surface area contributed by atoms with Crippen molar-refractivity contribution >= 4 is 22.0 Å². The molecule has 0 aliphatic heterocycles. The molecule has 2 heterocycles. The second-order valence-electron chi connectivity index (χ2n) is 5.23. The number of aromatic nitrogens is 3. The Balaban J connectivity index is 2.18. The van der Waals surface area contributed by atoms with Crippen molar-refractivity contribution in [2.75, 3.05) is 0 Å². The first-order valence-corrected chi connectivity index (χ1v) is 7.01. The molecule has 5 nitrogen and oxygen atoms in total. The Bertz CT molecular complexity index is 573. The molecule has 98 valence electrons. The van der Waals surface area contributed by atoms with Crippen LogP contribution in [0.4, 0.5) is 0 Å². The first kappa shape index (κ1) is 13.2. The van der Waals surface area contributed by atoms with Crippen LogP contribution < -0.4 is 4.72 Å². The number of fused-ring (bicyclic) bond motifs is 1. The number of nitrogens with zero attached hydrogens (tertiary/aromatic N) is 2. The average Bonchev–Trinajstić information content (AvgIpc) is 2.74. The lowest BCUT2D eigenvalue weighted by molar-refractivity contribution is 0.605. The summed E-state index contributed by atoms with van der Waals surface area (Å²) in [6.07, 6.45) is 3.57. The van der Waals surface area contributed by atoms with E-state index >= 15 is 0 Å². The predicted molar refractivity (Wildman–Crippen MR) is 73.3 cm³/mol. The van der Waals surface area contributed by atoms with Crippen molar-refractivity contribution in [3.63, 3.8) is 0 Å². The van der Waals surface area contributed by atoms with E-state index in [1.54, 1.807) is 6.20 Å². The molecular formula is C12H18N4OS. The zero-order valence-corrected chi connectivity index (χ0v) is 11.8. The smallest absolute Gasteiger partial charge is 0.146 e. The average molecular weight is 266 g/mol. The highest BCUT2D eigenvalue weighted by atomic mass is 32.2. The fourth-order valence-electron chi connectivity index (χ4n) is 1.46. The van der Waals surface area contributed by atoms with Gasteiger partial charge in [-0.05, 0) is 33.8 Å². The summed E-state index contributed by atoms with van der Waals surface area (Å²) in [4.78, 5) is 11.8. The summed E-state index contributed by atoms with van der Waals surface area (Å²) in [5.74, 6) is 0.653. The van der Waals surface area contributed by atoms with Crippen LogP contribution in [0.15, 0.2) is 18.5 Å². The summed E-state index contributed by atoms with van der Waals surface area (Å²) in [6, 6.07) is 1.75. The quantitative estimate of drug-likeness (QED) is 0.893. The zero-order valence-electron chi connectivity index (χ0n) is 11.0. The molecule has 0 radical (unpaired) electrons. The largest absolute Gasteiger partial charge is 0.359 e. The molecule has 0 saturated carbocycles. The standard InChI is InChI=1S/C12H18N4OS/c1-8(16-18(17)12(2,3)4)11-14-7-10-9(15-11)5-6-13-10/h5-8,13,16H,1-4H3/t8-,18?/m1/s1. The van der Waals surface area contributed by atoms with Crippen molar-refractivity contribution in [1.82, 2.24) is 19.7 Å². The fraction of sp³-hybridized carbons (Fsp3) is 0.500. The van der Waals surface area contributed by atoms with E-state index in [1.165, 1.54) is 0 Å². The second kappa shape index (κ2) is 4.78. The van der Waals surface area contributed by atoms with Gasteiger partial charge in [0.25, 0.3) is 0 Å². The molecule has 0 fully saturated rings. The van der Waals surface area contributed by atoms with Crippen molar-refractivity contribution < 1.29 is 4.21 Å². The maximum absolute atomic E-state index is 12.0. The van der Waals surface area contributed by atoms with E-state index < -0.39 is 11.0 Å². The zero-order chi connectivity index (χ0) is 13.3. The highest BCUT2D eigenvalue weighted by molar-refractivity contribution is 7.84. The molecule has 2 rings (SSSR count). The summed E-state index contributed by atoms with van der Waals surface area (Å²) in [5.41, 5.74) is 1.78. The van der Waals surface area contributed by atoms with Gasteiger partial charge in [0.15, 0.2) is 0 Å². The van der Waals surface area contributed by atoms with Crippen LogP contribution in [0, 0.1) is 0 Å². The Kier molecular flexibility index (Phi) is 3.49. The SMILES string of the molecule is C[C@@H](NS(=O)C(C)(C)C)c1ncc2[nH]ccc2n1. The van der Waals surface area contributed by atoms with Gasteiger partial charge in [0.2, 0.25) is 0 Å². The highest BCUT2D eigenvalue weighted by Gasteiger charge is 2.22. The number of nitrogens with one attached hydrogen (secondary N) is 2. The Morgan fingerprint density at radius 2 is 2.17 bits per heavy atom. The van der Waals surface area contributed by atoms with Crippen LogP contribution in [0.25, 0.3) is 11.0 Å². The van der Waals surface area contributed by atoms with Crippen LogP contribution in [-0.4, -0.2) is 23.9 Å². The molecular weight excluding hydrogens is 248 g/mol. The van der Waals surface area contributed by atoms with Crippen LogP contribution in [0.5, 0.6) is 0 Å². The fourth-order valence-corrected chi connectivity index (χ4v) is 2.24. The Labute approximate surface area is 109 Å². The molecule has 0 spiro atoms. The highest BCUT2D eigenvalue weighted by Crippen LogP contribution is 2.16. The van der Waals surface area contributed by atoms with Crippen LogP contribution in [0.1, 0.15) is 39.6 Å². The number of aromatic amines is 1. The number of hydrogen-bond donors (Lipinski definition) is 2. The van der Waals surface area contributed by atoms with Crippen molar-refractivity contribution in [2.45, 2.75) is 38.5 Å². The van der Waals surface area contributed by atoms with Crippen LogP contribution in [0.2, 0.25) is 0 Å². The van der Waals surface area contributed by atoms with Crippen LogP contribution in [0.3, 0.4) is 0 Å². The van der Waals surface area contributed by atoms with E-state index in [2.05, 4.69) is 19.7 Å². The van der Waals surface area contributed by atoms with Gasteiger partial charge in [0.1, 0.15) is 5.82 Å². The third-order valence-corrected chi connectivity index (χ3v) is 4.22. The van der Waals surface area contributed by atoms with E-state index in [4.69, 9.17) is 0 Å². The molecule has 0 aromatic carbocycles. The molecule has 2 aromatic rings. The Morgan fingerprint density at radius 1 is 1.44 bits per heavy atom. The molecule has 6 heteroatoms. The molecule has 1 unspecified atom stereocenters. The van der Waals surface area contributed by atoms with Gasteiger partial charge < -0.3 is 4.98 Å². The summed E-state index contributed by atoms with van der Waals surface area (Å²) in [7, 11) is -1.13. The Morgan fingerprint density at radius 3 is 2.83 bits per heavy atom. The van der Waals surface area contributed by atoms with E-state index in [9.17, 15) is 4.21 Å². The topological polar surface area (TPSA) is 70.7 Å². The van der Waals surface area contributed by atoms with E-state index in [0.29, 0.717) is 5.82 Å². The Hall–Kier alpha value is -1.27. The van der Waals surface area contributed by atoms with Gasteiger partial charge in [-0.25, -0.2) is 18.9 Å². The third-order valence-electron chi connectivity index (χ3n) is 2.54. The lowest BCUT2D eigenvalue weighted by atomic mass is 10.3. The van der Waals surface area contributed by atoms with Gasteiger partial charge in [-0.3, -0.25) is 0 Å². The van der Waals surface area contributed by atoms with Gasteiger partial charge >= 0.3 is 0 Å². The van der Waals surface area contributed by atoms with E-state index in [0.717, 1.165) is 11.0 Å². The minimum absolute atomic E-state index is 0.149. The minimum atomic E-state index is -1.13. The molecule has 0 saturated heterocycles. The number of hydrogen-bond acceptors (Lipinski definition) is 3. The predicted octanol–water partition coefficient (Wildman–Crippen LogP) is 2.07. The van der Waals surface area contributed by atoms with E-state index in [1.807, 2.05) is 40.0 Å². The molecule has 0 amide bonds. The molecule has 0 aliphatic rings. The van der Waals surface area contributed by atoms with Crippen LogP contribution in [-0.2, 0) is 11.0 Å². The van der Waals surface area contributed by atoms with Gasteiger partial charge in [-0.1, -0.05) is 0 Å². The third kappa shape index (κ3) is 2.76. The van der Waals surface area contributed by atoms with Crippen molar-refractivity contribution in [1.29, 1.82) is 0 Å². The number of rotatable bonds is 3. The van der Waals surface area contributed by atoms with Gasteiger partial charge in [0.05, 0.1) is 39.0 Å². The summed E-state index contributed by atoms with van der Waals surface area (Å²) >= 11 is 0. The van der Waals surface area contributed by atoms with Crippen LogP contribution >= 0.6 is 0 Å². The summed E-state index contributed by atoms with van der Waals surface area (Å²) < 4.78 is 14.7. The molecule has 18 heavy (non-hydrogen) atoms. The van der Waals surface area contributed by atoms with Crippen molar-refractivity contribution in [3.8, 4) is 0 Å². The monoisotopic (exact) mass is 266 g/mol. The lowest BCUT2D eigenvalue weighted by Gasteiger charge is -2.21. The first-order valence-electron chi connectivity index (χ1n) is 5.86. The molecule has 0 bridgehead atoms. The summed E-state index contributed by atoms with van der Waals surface area (Å²) in [6.45, 7) is 7.70. The van der Waals surface area contributed by atoms with Crippen molar-refractivity contribution in [3.05, 3.63) is 24.3 Å². The second-order valence-corrected chi connectivity index (χ2v) is 7.22. The van der Waals surface area contributed by atoms with Gasteiger partial charge in [-0.15, -0.1) is 0 Å². The maximum atomic E-state index is 12.0. The van der Waals surface area contributed by atoms with E-state index in [-0.39, 0.29) is 10.8 Å². The normalized spacial score (nSPS) is 15.8. The molecule has 2 N–H and O–H groups in total. The minimum Gasteiger partial charge on any atom is -0.359 e. The summed E-state index contributed by atoms with van der Waals surface area (Å²) in [5, 5.41) is 0. The molecule has 2 atom stereocenters. The maximum Gasteiger partial charge on any atom is 0.146 e. The van der Waals surface area contributed by atoms with Gasteiger partial charge in [-0.2, -0.15) is 0 Å². The molecule has 2 aromatic heterocycles. The lowest BCUT2D eigenvalue weighted by Crippen LogP contribution is -2.35. The first-order chi connectivity index (χ1) is 8.38.